The lowest BCUT2D eigenvalue weighted by Gasteiger charge is -2.10. The summed E-state index contributed by atoms with van der Waals surface area (Å²) in [5.41, 5.74) is 0.914. The first-order valence-corrected chi connectivity index (χ1v) is 5.43. The van der Waals surface area contributed by atoms with Gasteiger partial charge < -0.3 is 15.4 Å². The molecule has 0 heterocycles. The molecule has 5 nitrogen and oxygen atoms in total. The molecule has 1 aromatic rings. The smallest absolute Gasteiger partial charge is 0.251 e. The molecule has 0 bridgehead atoms. The van der Waals surface area contributed by atoms with Crippen molar-refractivity contribution in [2.45, 2.75) is 6.92 Å². The number of hydrogen-bond donors (Lipinski definition) is 2. The van der Waals surface area contributed by atoms with Crippen molar-refractivity contribution in [1.82, 2.24) is 5.32 Å². The molecule has 0 saturated heterocycles. The average Bonchev–Trinajstić information content (AvgIpc) is 2.35. The summed E-state index contributed by atoms with van der Waals surface area (Å²) in [5.74, 6) is 0.0478. The number of ether oxygens (including phenoxy) is 1. The van der Waals surface area contributed by atoms with E-state index in [0.29, 0.717) is 23.5 Å². The first-order chi connectivity index (χ1) is 8.58. The Morgan fingerprint density at radius 2 is 2.17 bits per heavy atom. The van der Waals surface area contributed by atoms with Gasteiger partial charge in [0.25, 0.3) is 5.91 Å². The molecular weight excluding hydrogens is 232 g/mol. The third kappa shape index (κ3) is 3.62. The highest BCUT2D eigenvalue weighted by Crippen LogP contribution is 2.25. The van der Waals surface area contributed by atoms with E-state index in [1.807, 2.05) is 0 Å². The SMILES string of the molecule is C=CCNC(=O)c1ccc(OC)c(NC(C)=O)c1. The molecule has 0 radical (unpaired) electrons. The highest BCUT2D eigenvalue weighted by molar-refractivity contribution is 5.97. The summed E-state index contributed by atoms with van der Waals surface area (Å²) in [6.07, 6.45) is 1.59. The fourth-order valence-electron chi connectivity index (χ4n) is 1.40. The molecule has 2 N–H and O–H groups in total. The van der Waals surface area contributed by atoms with Gasteiger partial charge in [-0.3, -0.25) is 9.59 Å². The van der Waals surface area contributed by atoms with Gasteiger partial charge in [-0.25, -0.2) is 0 Å². The minimum Gasteiger partial charge on any atom is -0.495 e. The van der Waals surface area contributed by atoms with Gasteiger partial charge in [0.1, 0.15) is 5.75 Å². The zero-order valence-electron chi connectivity index (χ0n) is 10.4. The van der Waals surface area contributed by atoms with Crippen LogP contribution >= 0.6 is 0 Å². The Morgan fingerprint density at radius 1 is 1.44 bits per heavy atom. The van der Waals surface area contributed by atoms with Gasteiger partial charge in [-0.1, -0.05) is 6.08 Å². The highest BCUT2D eigenvalue weighted by Gasteiger charge is 2.10. The number of rotatable bonds is 5. The maximum Gasteiger partial charge on any atom is 0.251 e. The van der Waals surface area contributed by atoms with E-state index in [1.165, 1.54) is 14.0 Å². The number of hydrogen-bond acceptors (Lipinski definition) is 3. The maximum atomic E-state index is 11.7. The van der Waals surface area contributed by atoms with E-state index in [2.05, 4.69) is 17.2 Å². The zero-order valence-corrected chi connectivity index (χ0v) is 10.4. The molecular formula is C13H16N2O3. The van der Waals surface area contributed by atoms with Gasteiger partial charge >= 0.3 is 0 Å². The number of carbonyl (C=O) groups excluding carboxylic acids is 2. The van der Waals surface area contributed by atoms with Crippen molar-refractivity contribution in [3.8, 4) is 5.75 Å². The minimum atomic E-state index is -0.232. The van der Waals surface area contributed by atoms with Crippen LogP contribution in [-0.4, -0.2) is 25.5 Å². The molecule has 0 spiro atoms. The van der Waals surface area contributed by atoms with Crippen molar-refractivity contribution in [3.63, 3.8) is 0 Å². The number of anilines is 1. The van der Waals surface area contributed by atoms with Crippen LogP contribution in [-0.2, 0) is 4.79 Å². The van der Waals surface area contributed by atoms with Gasteiger partial charge in [-0.05, 0) is 18.2 Å². The number of amides is 2. The third-order valence-electron chi connectivity index (χ3n) is 2.18. The summed E-state index contributed by atoms with van der Waals surface area (Å²) in [5, 5.41) is 5.27. The van der Waals surface area contributed by atoms with Crippen molar-refractivity contribution in [2.75, 3.05) is 19.0 Å². The van der Waals surface area contributed by atoms with Crippen LogP contribution in [0.25, 0.3) is 0 Å². The van der Waals surface area contributed by atoms with Crippen molar-refractivity contribution < 1.29 is 14.3 Å². The summed E-state index contributed by atoms with van der Waals surface area (Å²) in [7, 11) is 1.50. The van der Waals surface area contributed by atoms with Crippen LogP contribution in [0.1, 0.15) is 17.3 Å². The Kier molecular flexibility index (Phi) is 4.92. The quantitative estimate of drug-likeness (QED) is 0.777. The number of methoxy groups -OCH3 is 1. The van der Waals surface area contributed by atoms with Crippen LogP contribution in [0.5, 0.6) is 5.75 Å². The Morgan fingerprint density at radius 3 is 2.72 bits per heavy atom. The lowest BCUT2D eigenvalue weighted by molar-refractivity contribution is -0.114. The van der Waals surface area contributed by atoms with Gasteiger partial charge in [-0.2, -0.15) is 0 Å². The molecule has 0 aliphatic rings. The second-order valence-corrected chi connectivity index (χ2v) is 3.59. The van der Waals surface area contributed by atoms with E-state index in [-0.39, 0.29) is 11.8 Å². The Hall–Kier alpha value is -2.30. The summed E-state index contributed by atoms with van der Waals surface area (Å²) in [6, 6.07) is 4.83. The normalized spacial score (nSPS) is 9.44. The summed E-state index contributed by atoms with van der Waals surface area (Å²) < 4.78 is 5.10. The first-order valence-electron chi connectivity index (χ1n) is 5.43. The van der Waals surface area contributed by atoms with Gasteiger partial charge in [-0.15, -0.1) is 6.58 Å². The zero-order chi connectivity index (χ0) is 13.5. The molecule has 1 aromatic carbocycles. The minimum absolute atomic E-state index is 0.225. The predicted molar refractivity (Wildman–Crippen MR) is 69.8 cm³/mol. The second-order valence-electron chi connectivity index (χ2n) is 3.59. The van der Waals surface area contributed by atoms with Crippen molar-refractivity contribution >= 4 is 17.5 Å². The van der Waals surface area contributed by atoms with Crippen molar-refractivity contribution in [1.29, 1.82) is 0 Å². The monoisotopic (exact) mass is 248 g/mol. The van der Waals surface area contributed by atoms with Crippen LogP contribution in [0, 0.1) is 0 Å². The molecule has 0 saturated carbocycles. The molecule has 5 heteroatoms. The Labute approximate surface area is 106 Å². The molecule has 0 unspecified atom stereocenters. The topological polar surface area (TPSA) is 67.4 Å². The molecule has 18 heavy (non-hydrogen) atoms. The van der Waals surface area contributed by atoms with Gasteiger partial charge in [0.05, 0.1) is 12.8 Å². The fourth-order valence-corrected chi connectivity index (χ4v) is 1.40. The average molecular weight is 248 g/mol. The summed E-state index contributed by atoms with van der Waals surface area (Å²) in [4.78, 5) is 22.8. The molecule has 0 aromatic heterocycles. The molecule has 1 rings (SSSR count). The van der Waals surface area contributed by atoms with E-state index < -0.39 is 0 Å². The molecule has 96 valence electrons. The highest BCUT2D eigenvalue weighted by atomic mass is 16.5. The van der Waals surface area contributed by atoms with Gasteiger partial charge in [0, 0.05) is 19.0 Å². The van der Waals surface area contributed by atoms with Crippen LogP contribution in [0.15, 0.2) is 30.9 Å². The third-order valence-corrected chi connectivity index (χ3v) is 2.18. The number of nitrogens with one attached hydrogen (secondary N) is 2. The van der Waals surface area contributed by atoms with E-state index in [9.17, 15) is 9.59 Å². The number of benzene rings is 1. The Balaban J connectivity index is 2.97. The molecule has 0 atom stereocenters. The lowest BCUT2D eigenvalue weighted by Crippen LogP contribution is -2.23. The van der Waals surface area contributed by atoms with E-state index in [4.69, 9.17) is 4.74 Å². The van der Waals surface area contributed by atoms with Crippen molar-refractivity contribution in [2.24, 2.45) is 0 Å². The van der Waals surface area contributed by atoms with Gasteiger partial charge in [0.2, 0.25) is 5.91 Å². The fraction of sp³-hybridized carbons (Fsp3) is 0.231. The van der Waals surface area contributed by atoms with Crippen LogP contribution in [0.3, 0.4) is 0 Å². The van der Waals surface area contributed by atoms with E-state index in [1.54, 1.807) is 24.3 Å². The second kappa shape index (κ2) is 6.44. The van der Waals surface area contributed by atoms with E-state index >= 15 is 0 Å². The molecule has 0 aliphatic carbocycles. The number of carbonyl (C=O) groups is 2. The van der Waals surface area contributed by atoms with Crippen LogP contribution in [0.2, 0.25) is 0 Å². The molecule has 0 aliphatic heterocycles. The maximum absolute atomic E-state index is 11.7. The van der Waals surface area contributed by atoms with Gasteiger partial charge in [0.15, 0.2) is 0 Å². The summed E-state index contributed by atoms with van der Waals surface area (Å²) in [6.45, 7) is 5.30. The summed E-state index contributed by atoms with van der Waals surface area (Å²) >= 11 is 0. The van der Waals surface area contributed by atoms with Crippen LogP contribution < -0.4 is 15.4 Å². The predicted octanol–water partition coefficient (Wildman–Crippen LogP) is 1.57. The first kappa shape index (κ1) is 13.8. The Bertz CT molecular complexity index is 469. The molecule has 2 amide bonds. The standard InChI is InChI=1S/C13H16N2O3/c1-4-7-14-13(17)10-5-6-12(18-3)11(8-10)15-9(2)16/h4-6,8H,1,7H2,2-3H3,(H,14,17)(H,15,16). The van der Waals surface area contributed by atoms with Crippen molar-refractivity contribution in [3.05, 3.63) is 36.4 Å². The largest absolute Gasteiger partial charge is 0.495 e. The van der Waals surface area contributed by atoms with Crippen LogP contribution in [0.4, 0.5) is 5.69 Å². The van der Waals surface area contributed by atoms with E-state index in [0.717, 1.165) is 0 Å². The lowest BCUT2D eigenvalue weighted by atomic mass is 10.1. The molecule has 0 fully saturated rings.